The fourth-order valence-corrected chi connectivity index (χ4v) is 5.62. The van der Waals surface area contributed by atoms with Gasteiger partial charge in [0.2, 0.25) is 5.91 Å². The van der Waals surface area contributed by atoms with Gasteiger partial charge < -0.3 is 21.4 Å². The van der Waals surface area contributed by atoms with E-state index in [1.165, 1.54) is 11.0 Å². The first-order valence-electron chi connectivity index (χ1n) is 12.4. The molecule has 1 unspecified atom stereocenters. The van der Waals surface area contributed by atoms with Crippen LogP contribution < -0.4 is 11.5 Å². The van der Waals surface area contributed by atoms with E-state index in [1.54, 1.807) is 12.1 Å². The standard InChI is InChI=1S/C28H28F3N5O2/c1-16-5-6-22-23(13-16)35-24(34-22)8-11-27(25(32)37)10-7-19(17-3-2-4-18(14-17)28(29,30)31)20-9-12-36(26(33)38)15-21(20)27/h2-7,13-14H,8-12,15H2,1H3,(H2,32,37)(H2,33,38)(H,34,35). The molecule has 3 amide bonds. The molecule has 1 aliphatic heterocycles. The molecule has 1 aromatic heterocycles. The molecular weight excluding hydrogens is 495 g/mol. The highest BCUT2D eigenvalue weighted by atomic mass is 19.4. The van der Waals surface area contributed by atoms with Crippen LogP contribution in [0.5, 0.6) is 0 Å². The number of fused-ring (bicyclic) bond motifs is 1. The molecule has 3 aromatic rings. The summed E-state index contributed by atoms with van der Waals surface area (Å²) in [6.07, 6.45) is -1.41. The van der Waals surface area contributed by atoms with Gasteiger partial charge in [-0.3, -0.25) is 4.79 Å². The maximum absolute atomic E-state index is 13.4. The molecular formula is C28H28F3N5O2. The van der Waals surface area contributed by atoms with E-state index in [2.05, 4.69) is 9.97 Å². The maximum atomic E-state index is 13.4. The lowest BCUT2D eigenvalue weighted by atomic mass is 9.65. The first kappa shape index (κ1) is 25.6. The van der Waals surface area contributed by atoms with Gasteiger partial charge in [0.05, 0.1) is 22.0 Å². The number of halogens is 3. The number of amides is 3. The van der Waals surface area contributed by atoms with E-state index < -0.39 is 29.1 Å². The Morgan fingerprint density at radius 2 is 1.95 bits per heavy atom. The van der Waals surface area contributed by atoms with Gasteiger partial charge in [-0.1, -0.05) is 24.3 Å². The Kier molecular flexibility index (Phi) is 6.28. The van der Waals surface area contributed by atoms with E-state index >= 15 is 0 Å². The predicted octanol–water partition coefficient (Wildman–Crippen LogP) is 4.86. The summed E-state index contributed by atoms with van der Waals surface area (Å²) in [6, 6.07) is 10.4. The number of rotatable bonds is 5. The molecule has 5 N–H and O–H groups in total. The summed E-state index contributed by atoms with van der Waals surface area (Å²) in [5.74, 6) is 0.145. The zero-order chi connectivity index (χ0) is 27.2. The van der Waals surface area contributed by atoms with Gasteiger partial charge in [0, 0.05) is 19.5 Å². The Bertz CT molecular complexity index is 1500. The topological polar surface area (TPSA) is 118 Å². The summed E-state index contributed by atoms with van der Waals surface area (Å²) < 4.78 is 40.3. The second-order valence-electron chi connectivity index (χ2n) is 10.0. The SMILES string of the molecule is Cc1ccc2nc(CCC3(C(N)=O)CC=C(c4cccc(C(F)(F)F)c4)C4=C3CN(C(N)=O)CC4)[nH]c2c1. The summed E-state index contributed by atoms with van der Waals surface area (Å²) in [5, 5.41) is 0. The van der Waals surface area contributed by atoms with Crippen molar-refractivity contribution in [2.45, 2.75) is 38.8 Å². The van der Waals surface area contributed by atoms with Crippen LogP contribution in [0.1, 0.15) is 41.8 Å². The summed E-state index contributed by atoms with van der Waals surface area (Å²) in [7, 11) is 0. The van der Waals surface area contributed by atoms with Crippen molar-refractivity contribution in [2.24, 2.45) is 16.9 Å². The summed E-state index contributed by atoms with van der Waals surface area (Å²) >= 11 is 0. The number of carbonyl (C=O) groups is 2. The van der Waals surface area contributed by atoms with Crippen LogP contribution in [0.3, 0.4) is 0 Å². The molecule has 0 saturated heterocycles. The number of alkyl halides is 3. The monoisotopic (exact) mass is 523 g/mol. The lowest BCUT2D eigenvalue weighted by molar-refractivity contribution is -0.137. The van der Waals surface area contributed by atoms with Crippen molar-refractivity contribution >= 4 is 28.5 Å². The number of nitrogens with zero attached hydrogens (tertiary/aromatic N) is 2. The van der Waals surface area contributed by atoms with E-state index in [0.29, 0.717) is 48.3 Å². The number of hydrogen-bond donors (Lipinski definition) is 3. The van der Waals surface area contributed by atoms with Gasteiger partial charge in [-0.25, -0.2) is 9.78 Å². The number of aryl methyl sites for hydroxylation is 2. The highest BCUT2D eigenvalue weighted by molar-refractivity contribution is 5.92. The lowest BCUT2D eigenvalue weighted by Gasteiger charge is -2.43. The highest BCUT2D eigenvalue weighted by Crippen LogP contribution is 2.49. The first-order valence-corrected chi connectivity index (χ1v) is 12.4. The minimum atomic E-state index is -4.49. The Morgan fingerprint density at radius 3 is 2.66 bits per heavy atom. The van der Waals surface area contributed by atoms with Crippen molar-refractivity contribution in [2.75, 3.05) is 13.1 Å². The number of carbonyl (C=O) groups excluding carboxylic acids is 2. The van der Waals surface area contributed by atoms with Crippen LogP contribution in [0.15, 0.2) is 59.7 Å². The predicted molar refractivity (Wildman–Crippen MR) is 138 cm³/mol. The average Bonchev–Trinajstić information content (AvgIpc) is 3.28. The number of aromatic nitrogens is 2. The minimum absolute atomic E-state index is 0.0865. The van der Waals surface area contributed by atoms with Crippen LogP contribution in [0.25, 0.3) is 16.6 Å². The van der Waals surface area contributed by atoms with Gasteiger partial charge >= 0.3 is 12.2 Å². The number of benzene rings is 2. The molecule has 10 heteroatoms. The van der Waals surface area contributed by atoms with Crippen molar-refractivity contribution < 1.29 is 22.8 Å². The van der Waals surface area contributed by atoms with Crippen molar-refractivity contribution in [3.05, 3.63) is 82.2 Å². The number of nitrogens with one attached hydrogen (secondary N) is 1. The smallest absolute Gasteiger partial charge is 0.369 e. The molecule has 2 heterocycles. The van der Waals surface area contributed by atoms with Crippen molar-refractivity contribution in [1.82, 2.24) is 14.9 Å². The Hall–Kier alpha value is -4.08. The van der Waals surface area contributed by atoms with E-state index in [9.17, 15) is 22.8 Å². The van der Waals surface area contributed by atoms with Crippen molar-refractivity contribution in [1.29, 1.82) is 0 Å². The molecule has 1 atom stereocenters. The number of primary amides is 2. The van der Waals surface area contributed by atoms with Gasteiger partial charge in [0.1, 0.15) is 5.82 Å². The molecule has 198 valence electrons. The van der Waals surface area contributed by atoms with E-state index in [0.717, 1.165) is 34.3 Å². The van der Waals surface area contributed by atoms with Crippen molar-refractivity contribution in [3.63, 3.8) is 0 Å². The third-order valence-corrected chi connectivity index (χ3v) is 7.66. The lowest BCUT2D eigenvalue weighted by Crippen LogP contribution is -2.49. The van der Waals surface area contributed by atoms with E-state index in [1.807, 2.05) is 25.1 Å². The zero-order valence-corrected chi connectivity index (χ0v) is 20.9. The quantitative estimate of drug-likeness (QED) is 0.443. The third-order valence-electron chi connectivity index (χ3n) is 7.66. The Balaban J connectivity index is 1.55. The zero-order valence-electron chi connectivity index (χ0n) is 20.9. The molecule has 0 fully saturated rings. The van der Waals surface area contributed by atoms with Crippen LogP contribution in [0.2, 0.25) is 0 Å². The highest BCUT2D eigenvalue weighted by Gasteiger charge is 2.46. The number of hydrogen-bond acceptors (Lipinski definition) is 3. The Labute approximate surface area is 217 Å². The molecule has 0 bridgehead atoms. The normalized spacial score (nSPS) is 19.9. The number of aromatic amines is 1. The number of urea groups is 1. The number of allylic oxidation sites excluding steroid dienone is 2. The molecule has 0 saturated carbocycles. The van der Waals surface area contributed by atoms with Gasteiger partial charge in [-0.2, -0.15) is 13.2 Å². The van der Waals surface area contributed by atoms with Crippen molar-refractivity contribution in [3.8, 4) is 0 Å². The van der Waals surface area contributed by atoms with Crippen LogP contribution >= 0.6 is 0 Å². The second kappa shape index (κ2) is 9.34. The fraction of sp³-hybridized carbons (Fsp3) is 0.321. The fourth-order valence-electron chi connectivity index (χ4n) is 5.62. The molecule has 5 rings (SSSR count). The first-order chi connectivity index (χ1) is 18.0. The summed E-state index contributed by atoms with van der Waals surface area (Å²) in [4.78, 5) is 34.6. The van der Waals surface area contributed by atoms with Crippen LogP contribution in [0, 0.1) is 12.3 Å². The largest absolute Gasteiger partial charge is 0.416 e. The van der Waals surface area contributed by atoms with E-state index in [-0.39, 0.29) is 13.0 Å². The van der Waals surface area contributed by atoms with Crippen LogP contribution in [0.4, 0.5) is 18.0 Å². The van der Waals surface area contributed by atoms with Gasteiger partial charge in [0.25, 0.3) is 0 Å². The molecule has 2 aliphatic rings. The average molecular weight is 524 g/mol. The van der Waals surface area contributed by atoms with Crippen LogP contribution in [-0.2, 0) is 17.4 Å². The number of H-pyrrole nitrogens is 1. The maximum Gasteiger partial charge on any atom is 0.416 e. The van der Waals surface area contributed by atoms with Gasteiger partial charge in [-0.05, 0) is 78.3 Å². The summed E-state index contributed by atoms with van der Waals surface area (Å²) in [5.41, 5.74) is 14.9. The third kappa shape index (κ3) is 4.55. The van der Waals surface area contributed by atoms with Crippen LogP contribution in [-0.4, -0.2) is 39.9 Å². The molecule has 1 aliphatic carbocycles. The minimum Gasteiger partial charge on any atom is -0.369 e. The molecule has 0 radical (unpaired) electrons. The number of imidazole rings is 1. The molecule has 38 heavy (non-hydrogen) atoms. The van der Waals surface area contributed by atoms with Gasteiger partial charge in [0.15, 0.2) is 0 Å². The molecule has 7 nitrogen and oxygen atoms in total. The molecule has 2 aromatic carbocycles. The summed E-state index contributed by atoms with van der Waals surface area (Å²) in [6.45, 7) is 2.37. The Morgan fingerprint density at radius 1 is 1.16 bits per heavy atom. The number of nitrogens with two attached hydrogens (primary N) is 2. The molecule has 0 spiro atoms. The van der Waals surface area contributed by atoms with Gasteiger partial charge in [-0.15, -0.1) is 0 Å². The second-order valence-corrected chi connectivity index (χ2v) is 10.0. The van der Waals surface area contributed by atoms with E-state index in [4.69, 9.17) is 11.5 Å².